The zero-order valence-corrected chi connectivity index (χ0v) is 11.3. The second kappa shape index (κ2) is 4.57. The number of rotatable bonds is 3. The summed E-state index contributed by atoms with van der Waals surface area (Å²) in [6, 6.07) is 8.63. The van der Waals surface area contributed by atoms with Crippen LogP contribution < -0.4 is 11.1 Å². The lowest BCUT2D eigenvalue weighted by Gasteiger charge is -2.10. The molecule has 3 N–H and O–H groups in total. The monoisotopic (exact) mass is 304 g/mol. The highest BCUT2D eigenvalue weighted by Crippen LogP contribution is 2.31. The van der Waals surface area contributed by atoms with Gasteiger partial charge in [-0.1, -0.05) is 28.1 Å². The molecule has 0 bridgehead atoms. The van der Waals surface area contributed by atoms with Crippen LogP contribution in [0.1, 0.15) is 12.8 Å². The average molecular weight is 305 g/mol. The van der Waals surface area contributed by atoms with E-state index in [-0.39, 0.29) is 0 Å². The second-order valence-electron chi connectivity index (χ2n) is 4.42. The van der Waals surface area contributed by atoms with Crippen LogP contribution in [0.3, 0.4) is 0 Å². The molecule has 5 heteroatoms. The van der Waals surface area contributed by atoms with E-state index in [1.165, 1.54) is 12.8 Å². The van der Waals surface area contributed by atoms with E-state index in [4.69, 9.17) is 5.73 Å². The van der Waals surface area contributed by atoms with Crippen molar-refractivity contribution in [3.8, 4) is 11.1 Å². The third-order valence-electron chi connectivity index (χ3n) is 2.88. The molecular weight excluding hydrogens is 292 g/mol. The Bertz CT molecular complexity index is 564. The van der Waals surface area contributed by atoms with Crippen molar-refractivity contribution in [3.63, 3.8) is 0 Å². The van der Waals surface area contributed by atoms with Gasteiger partial charge < -0.3 is 11.1 Å². The van der Waals surface area contributed by atoms with Crippen molar-refractivity contribution in [2.24, 2.45) is 0 Å². The molecule has 1 aromatic heterocycles. The zero-order valence-electron chi connectivity index (χ0n) is 9.73. The van der Waals surface area contributed by atoms with Crippen molar-refractivity contribution >= 4 is 27.7 Å². The molecule has 0 unspecified atom stereocenters. The highest BCUT2D eigenvalue weighted by molar-refractivity contribution is 9.10. The van der Waals surface area contributed by atoms with E-state index in [1.807, 2.05) is 24.3 Å². The standard InChI is InChI=1S/C13H13BrN4/c14-9-3-1-8(2-4-9)11-7-16-13(15)18-12(11)17-10-5-6-10/h1-4,7,10H,5-6H2,(H3,15,16,17,18). The molecule has 0 saturated heterocycles. The highest BCUT2D eigenvalue weighted by Gasteiger charge is 2.23. The van der Waals surface area contributed by atoms with Crippen LogP contribution in [0.4, 0.5) is 11.8 Å². The number of anilines is 2. The minimum absolute atomic E-state index is 0.305. The fourth-order valence-corrected chi connectivity index (χ4v) is 2.03. The summed E-state index contributed by atoms with van der Waals surface area (Å²) in [5, 5.41) is 3.40. The van der Waals surface area contributed by atoms with Gasteiger partial charge in [-0.2, -0.15) is 4.98 Å². The van der Waals surface area contributed by atoms with Crippen LogP contribution in [0.5, 0.6) is 0 Å². The van der Waals surface area contributed by atoms with Crippen LogP contribution in [0.25, 0.3) is 11.1 Å². The summed E-state index contributed by atoms with van der Waals surface area (Å²) < 4.78 is 1.05. The molecule has 0 atom stereocenters. The molecule has 0 spiro atoms. The Morgan fingerprint density at radius 2 is 1.94 bits per heavy atom. The van der Waals surface area contributed by atoms with Crippen molar-refractivity contribution in [1.29, 1.82) is 0 Å². The van der Waals surface area contributed by atoms with E-state index >= 15 is 0 Å². The summed E-state index contributed by atoms with van der Waals surface area (Å²) in [5.74, 6) is 1.13. The summed E-state index contributed by atoms with van der Waals surface area (Å²) in [5.41, 5.74) is 7.73. The van der Waals surface area contributed by atoms with Gasteiger partial charge in [0.15, 0.2) is 0 Å². The number of halogens is 1. The molecule has 4 nitrogen and oxygen atoms in total. The SMILES string of the molecule is Nc1ncc(-c2ccc(Br)cc2)c(NC2CC2)n1. The van der Waals surface area contributed by atoms with Gasteiger partial charge in [0.2, 0.25) is 5.95 Å². The maximum Gasteiger partial charge on any atom is 0.221 e. The Morgan fingerprint density at radius 1 is 1.22 bits per heavy atom. The number of nitrogen functional groups attached to an aromatic ring is 1. The van der Waals surface area contributed by atoms with E-state index in [1.54, 1.807) is 6.20 Å². The number of hydrogen-bond donors (Lipinski definition) is 2. The summed E-state index contributed by atoms with van der Waals surface area (Å²) in [6.45, 7) is 0. The van der Waals surface area contributed by atoms with Crippen LogP contribution in [0.15, 0.2) is 34.9 Å². The van der Waals surface area contributed by atoms with E-state index in [9.17, 15) is 0 Å². The number of nitrogens with zero attached hydrogens (tertiary/aromatic N) is 2. The first-order valence-electron chi connectivity index (χ1n) is 5.87. The maximum absolute atomic E-state index is 5.66. The molecule has 2 aromatic rings. The van der Waals surface area contributed by atoms with Gasteiger partial charge in [0, 0.05) is 22.3 Å². The maximum atomic E-state index is 5.66. The molecule has 1 aliphatic rings. The molecule has 1 heterocycles. The van der Waals surface area contributed by atoms with Gasteiger partial charge in [0.05, 0.1) is 0 Å². The number of aromatic nitrogens is 2. The first kappa shape index (κ1) is 11.5. The van der Waals surface area contributed by atoms with E-state index in [0.29, 0.717) is 12.0 Å². The van der Waals surface area contributed by atoms with Crippen molar-refractivity contribution in [3.05, 3.63) is 34.9 Å². The van der Waals surface area contributed by atoms with Crippen LogP contribution in [0, 0.1) is 0 Å². The number of benzene rings is 1. The van der Waals surface area contributed by atoms with Gasteiger partial charge in [-0.15, -0.1) is 0 Å². The summed E-state index contributed by atoms with van der Waals surface area (Å²) in [6.07, 6.45) is 4.17. The molecule has 0 aliphatic heterocycles. The first-order chi connectivity index (χ1) is 8.72. The number of hydrogen-bond acceptors (Lipinski definition) is 4. The molecule has 1 fully saturated rings. The fourth-order valence-electron chi connectivity index (χ4n) is 1.77. The van der Waals surface area contributed by atoms with Gasteiger partial charge in [0.1, 0.15) is 5.82 Å². The molecule has 1 saturated carbocycles. The van der Waals surface area contributed by atoms with Crippen molar-refractivity contribution < 1.29 is 0 Å². The summed E-state index contributed by atoms with van der Waals surface area (Å²) >= 11 is 3.43. The van der Waals surface area contributed by atoms with Crippen molar-refractivity contribution in [1.82, 2.24) is 9.97 Å². The summed E-state index contributed by atoms with van der Waals surface area (Å²) in [7, 11) is 0. The van der Waals surface area contributed by atoms with Gasteiger partial charge in [-0.3, -0.25) is 0 Å². The lowest BCUT2D eigenvalue weighted by atomic mass is 10.1. The van der Waals surface area contributed by atoms with Crippen LogP contribution in [0.2, 0.25) is 0 Å². The van der Waals surface area contributed by atoms with Crippen LogP contribution in [-0.4, -0.2) is 16.0 Å². The molecule has 92 valence electrons. The van der Waals surface area contributed by atoms with Gasteiger partial charge >= 0.3 is 0 Å². The lowest BCUT2D eigenvalue weighted by Crippen LogP contribution is -2.07. The molecule has 0 amide bonds. The third kappa shape index (κ3) is 2.46. The lowest BCUT2D eigenvalue weighted by molar-refractivity contribution is 1.09. The van der Waals surface area contributed by atoms with Crippen molar-refractivity contribution in [2.45, 2.75) is 18.9 Å². The molecule has 1 aliphatic carbocycles. The van der Waals surface area contributed by atoms with E-state index in [0.717, 1.165) is 21.4 Å². The number of nitrogens with two attached hydrogens (primary N) is 1. The first-order valence-corrected chi connectivity index (χ1v) is 6.66. The topological polar surface area (TPSA) is 63.8 Å². The third-order valence-corrected chi connectivity index (χ3v) is 3.41. The minimum atomic E-state index is 0.305. The molecule has 0 radical (unpaired) electrons. The minimum Gasteiger partial charge on any atom is -0.368 e. The quantitative estimate of drug-likeness (QED) is 0.915. The smallest absolute Gasteiger partial charge is 0.221 e. The van der Waals surface area contributed by atoms with Crippen LogP contribution in [-0.2, 0) is 0 Å². The predicted octanol–water partition coefficient (Wildman–Crippen LogP) is 3.06. The average Bonchev–Trinajstić information content (AvgIpc) is 3.15. The zero-order chi connectivity index (χ0) is 12.5. The van der Waals surface area contributed by atoms with E-state index in [2.05, 4.69) is 31.2 Å². The van der Waals surface area contributed by atoms with E-state index < -0.39 is 0 Å². The molecule has 1 aromatic carbocycles. The van der Waals surface area contributed by atoms with Gasteiger partial charge in [-0.25, -0.2) is 4.98 Å². The predicted molar refractivity (Wildman–Crippen MR) is 76.2 cm³/mol. The normalized spacial score (nSPS) is 14.5. The van der Waals surface area contributed by atoms with Crippen molar-refractivity contribution in [2.75, 3.05) is 11.1 Å². The Kier molecular flexibility index (Phi) is 2.91. The number of nitrogens with one attached hydrogen (secondary N) is 1. The van der Waals surface area contributed by atoms with Gasteiger partial charge in [-0.05, 0) is 30.5 Å². The Balaban J connectivity index is 2.01. The Morgan fingerprint density at radius 3 is 2.61 bits per heavy atom. The molecule has 3 rings (SSSR count). The fraction of sp³-hybridized carbons (Fsp3) is 0.231. The summed E-state index contributed by atoms with van der Waals surface area (Å²) in [4.78, 5) is 8.38. The second-order valence-corrected chi connectivity index (χ2v) is 5.33. The Labute approximate surface area is 114 Å². The Hall–Kier alpha value is -1.62. The van der Waals surface area contributed by atoms with Gasteiger partial charge in [0.25, 0.3) is 0 Å². The molecule has 18 heavy (non-hydrogen) atoms. The highest BCUT2D eigenvalue weighted by atomic mass is 79.9. The largest absolute Gasteiger partial charge is 0.368 e. The molecular formula is C13H13BrN4. The van der Waals surface area contributed by atoms with Crippen LogP contribution >= 0.6 is 15.9 Å².